The Hall–Kier alpha value is -1.09. The molecule has 108 valence electrons. The summed E-state index contributed by atoms with van der Waals surface area (Å²) >= 11 is 0. The van der Waals surface area contributed by atoms with Crippen LogP contribution < -0.4 is 10.2 Å². The molecular formula is C16H29N3. The molecule has 1 N–H and O–H groups in total. The Morgan fingerprint density at radius 3 is 2.42 bits per heavy atom. The monoisotopic (exact) mass is 263 g/mol. The van der Waals surface area contributed by atoms with E-state index in [2.05, 4.69) is 55.0 Å². The second-order valence-corrected chi connectivity index (χ2v) is 4.94. The summed E-state index contributed by atoms with van der Waals surface area (Å²) in [5, 5.41) is 3.55. The summed E-state index contributed by atoms with van der Waals surface area (Å²) in [7, 11) is 0. The first-order chi connectivity index (χ1) is 9.26. The maximum atomic E-state index is 4.65. The van der Waals surface area contributed by atoms with Crippen molar-refractivity contribution in [1.82, 2.24) is 10.3 Å². The maximum Gasteiger partial charge on any atom is 0.0574 e. The third-order valence-corrected chi connectivity index (χ3v) is 3.42. The highest BCUT2D eigenvalue weighted by atomic mass is 15.1. The highest BCUT2D eigenvalue weighted by Crippen LogP contribution is 2.18. The molecule has 1 atom stereocenters. The molecule has 1 aromatic heterocycles. The van der Waals surface area contributed by atoms with Crippen molar-refractivity contribution in [2.45, 2.75) is 53.0 Å². The van der Waals surface area contributed by atoms with Gasteiger partial charge in [-0.15, -0.1) is 0 Å². The molecule has 1 unspecified atom stereocenters. The van der Waals surface area contributed by atoms with E-state index in [0.717, 1.165) is 38.2 Å². The van der Waals surface area contributed by atoms with Crippen LogP contribution in [-0.2, 0) is 0 Å². The van der Waals surface area contributed by atoms with Crippen molar-refractivity contribution in [3.8, 4) is 0 Å². The molecule has 3 nitrogen and oxygen atoms in total. The molecule has 0 radical (unpaired) electrons. The van der Waals surface area contributed by atoms with Gasteiger partial charge in [-0.1, -0.05) is 20.8 Å². The molecule has 0 aliphatic carbocycles. The largest absolute Gasteiger partial charge is 0.371 e. The van der Waals surface area contributed by atoms with Gasteiger partial charge < -0.3 is 10.2 Å². The van der Waals surface area contributed by atoms with Gasteiger partial charge in [0.15, 0.2) is 0 Å². The van der Waals surface area contributed by atoms with E-state index in [1.807, 2.05) is 6.20 Å². The van der Waals surface area contributed by atoms with Gasteiger partial charge in [0.05, 0.1) is 17.6 Å². The summed E-state index contributed by atoms with van der Waals surface area (Å²) in [5.74, 6) is 0. The van der Waals surface area contributed by atoms with Crippen LogP contribution in [0.25, 0.3) is 0 Å². The molecule has 0 saturated heterocycles. The molecule has 19 heavy (non-hydrogen) atoms. The quantitative estimate of drug-likeness (QED) is 0.735. The van der Waals surface area contributed by atoms with Crippen LogP contribution in [0.4, 0.5) is 5.69 Å². The zero-order valence-corrected chi connectivity index (χ0v) is 12.9. The van der Waals surface area contributed by atoms with Crippen LogP contribution in [0.3, 0.4) is 0 Å². The van der Waals surface area contributed by atoms with Gasteiger partial charge in [-0.2, -0.15) is 0 Å². The lowest BCUT2D eigenvalue weighted by Crippen LogP contribution is -2.25. The molecular weight excluding hydrogens is 234 g/mol. The van der Waals surface area contributed by atoms with Crippen molar-refractivity contribution < 1.29 is 0 Å². The van der Waals surface area contributed by atoms with E-state index < -0.39 is 0 Å². The summed E-state index contributed by atoms with van der Waals surface area (Å²) in [4.78, 5) is 7.02. The second-order valence-electron chi connectivity index (χ2n) is 4.94. The van der Waals surface area contributed by atoms with E-state index in [4.69, 9.17) is 0 Å². The minimum Gasteiger partial charge on any atom is -0.371 e. The van der Waals surface area contributed by atoms with Crippen LogP contribution in [0, 0.1) is 0 Å². The molecule has 0 aliphatic rings. The number of rotatable bonds is 9. The molecule has 0 bridgehead atoms. The van der Waals surface area contributed by atoms with Gasteiger partial charge in [-0.3, -0.25) is 4.98 Å². The molecule has 1 heterocycles. The Morgan fingerprint density at radius 2 is 1.95 bits per heavy atom. The van der Waals surface area contributed by atoms with Gasteiger partial charge in [0.2, 0.25) is 0 Å². The first-order valence-corrected chi connectivity index (χ1v) is 7.70. The van der Waals surface area contributed by atoms with E-state index in [0.29, 0.717) is 6.04 Å². The Labute approximate surface area is 118 Å². The number of hydrogen-bond acceptors (Lipinski definition) is 3. The van der Waals surface area contributed by atoms with Gasteiger partial charge in [-0.05, 0) is 44.9 Å². The summed E-state index contributed by atoms with van der Waals surface area (Å²) in [6, 6.07) is 4.76. The normalized spacial score (nSPS) is 12.4. The van der Waals surface area contributed by atoms with E-state index in [9.17, 15) is 0 Å². The van der Waals surface area contributed by atoms with Crippen molar-refractivity contribution in [2.24, 2.45) is 0 Å². The van der Waals surface area contributed by atoms with E-state index in [-0.39, 0.29) is 0 Å². The van der Waals surface area contributed by atoms with Crippen LogP contribution in [0.2, 0.25) is 0 Å². The third kappa shape index (κ3) is 4.83. The minimum absolute atomic E-state index is 0.384. The van der Waals surface area contributed by atoms with Gasteiger partial charge in [0.25, 0.3) is 0 Å². The number of anilines is 1. The predicted molar refractivity (Wildman–Crippen MR) is 83.7 cm³/mol. The minimum atomic E-state index is 0.384. The van der Waals surface area contributed by atoms with E-state index in [1.54, 1.807) is 0 Å². The number of nitrogens with one attached hydrogen (secondary N) is 1. The number of nitrogens with zero attached hydrogens (tertiary/aromatic N) is 2. The zero-order valence-electron chi connectivity index (χ0n) is 12.9. The Balaban J connectivity index is 2.73. The van der Waals surface area contributed by atoms with Gasteiger partial charge in [0.1, 0.15) is 0 Å². The summed E-state index contributed by atoms with van der Waals surface area (Å²) in [6.07, 6.45) is 5.43. The van der Waals surface area contributed by atoms with Crippen molar-refractivity contribution in [3.63, 3.8) is 0 Å². The molecule has 1 rings (SSSR count). The standard InChI is InChI=1S/C16H29N3/c1-5-11-17-15(7-3)16-10-9-14(13-18-16)19(8-4)12-6-2/h9-10,13,15,17H,5-8,11-12H2,1-4H3. The zero-order chi connectivity index (χ0) is 14.1. The lowest BCUT2D eigenvalue weighted by atomic mass is 10.1. The van der Waals surface area contributed by atoms with Crippen molar-refractivity contribution in [3.05, 3.63) is 24.0 Å². The van der Waals surface area contributed by atoms with Crippen LogP contribution in [0.1, 0.15) is 58.7 Å². The van der Waals surface area contributed by atoms with Crippen molar-refractivity contribution in [2.75, 3.05) is 24.5 Å². The Bertz CT molecular complexity index is 334. The molecule has 0 aliphatic heterocycles. The summed E-state index contributed by atoms with van der Waals surface area (Å²) in [5.41, 5.74) is 2.39. The molecule has 0 spiro atoms. The highest BCUT2D eigenvalue weighted by Gasteiger charge is 2.10. The van der Waals surface area contributed by atoms with Gasteiger partial charge >= 0.3 is 0 Å². The van der Waals surface area contributed by atoms with Crippen LogP contribution in [0.5, 0.6) is 0 Å². The molecule has 0 amide bonds. The van der Waals surface area contributed by atoms with Crippen LogP contribution >= 0.6 is 0 Å². The van der Waals surface area contributed by atoms with Crippen molar-refractivity contribution in [1.29, 1.82) is 0 Å². The third-order valence-electron chi connectivity index (χ3n) is 3.42. The van der Waals surface area contributed by atoms with E-state index >= 15 is 0 Å². The summed E-state index contributed by atoms with van der Waals surface area (Å²) < 4.78 is 0. The average molecular weight is 263 g/mol. The lowest BCUT2D eigenvalue weighted by Gasteiger charge is -2.23. The fourth-order valence-electron chi connectivity index (χ4n) is 2.31. The molecule has 1 aromatic rings. The van der Waals surface area contributed by atoms with Gasteiger partial charge in [0, 0.05) is 19.1 Å². The lowest BCUT2D eigenvalue weighted by molar-refractivity contribution is 0.507. The fourth-order valence-corrected chi connectivity index (χ4v) is 2.31. The number of pyridine rings is 1. The molecule has 0 fully saturated rings. The molecule has 0 aromatic carbocycles. The molecule has 0 saturated carbocycles. The first kappa shape index (κ1) is 16.0. The number of hydrogen-bond donors (Lipinski definition) is 1. The van der Waals surface area contributed by atoms with Crippen LogP contribution in [-0.4, -0.2) is 24.6 Å². The Morgan fingerprint density at radius 1 is 1.16 bits per heavy atom. The number of aromatic nitrogens is 1. The average Bonchev–Trinajstić information content (AvgIpc) is 2.46. The van der Waals surface area contributed by atoms with E-state index in [1.165, 1.54) is 12.1 Å². The molecule has 3 heteroatoms. The second kappa shape index (κ2) is 8.92. The topological polar surface area (TPSA) is 28.2 Å². The van der Waals surface area contributed by atoms with Crippen molar-refractivity contribution >= 4 is 5.69 Å². The summed E-state index contributed by atoms with van der Waals surface area (Å²) in [6.45, 7) is 12.0. The SMILES string of the molecule is CCCNC(CC)c1ccc(N(CC)CCC)cn1. The maximum absolute atomic E-state index is 4.65. The van der Waals surface area contributed by atoms with Crippen LogP contribution in [0.15, 0.2) is 18.3 Å². The smallest absolute Gasteiger partial charge is 0.0574 e. The van der Waals surface area contributed by atoms with Gasteiger partial charge in [-0.25, -0.2) is 0 Å². The predicted octanol–water partition coefficient (Wildman–Crippen LogP) is 3.77. The highest BCUT2D eigenvalue weighted by molar-refractivity contribution is 5.44. The Kier molecular flexibility index (Phi) is 7.49. The first-order valence-electron chi connectivity index (χ1n) is 7.70. The fraction of sp³-hybridized carbons (Fsp3) is 0.688.